The Morgan fingerprint density at radius 1 is 1.30 bits per heavy atom. The van der Waals surface area contributed by atoms with Gasteiger partial charge >= 0.3 is 0 Å². The monoisotopic (exact) mass is 287 g/mol. The van der Waals surface area contributed by atoms with Crippen LogP contribution in [0.2, 0.25) is 0 Å². The molecule has 2 heterocycles. The molecule has 3 nitrogen and oxygen atoms in total. The average Bonchev–Trinajstić information content (AvgIpc) is 3.13. The second-order valence-electron chi connectivity index (χ2n) is 5.41. The van der Waals surface area contributed by atoms with Crippen LogP contribution < -0.4 is 5.32 Å². The normalized spacial score (nSPS) is 17.2. The zero-order valence-electron chi connectivity index (χ0n) is 11.9. The topological polar surface area (TPSA) is 28.2 Å². The van der Waals surface area contributed by atoms with Crippen LogP contribution in [0.3, 0.4) is 0 Å². The van der Waals surface area contributed by atoms with Crippen molar-refractivity contribution in [3.8, 4) is 0 Å². The molecule has 1 fully saturated rings. The lowest BCUT2D eigenvalue weighted by Gasteiger charge is -2.20. The highest BCUT2D eigenvalue weighted by Gasteiger charge is 2.15. The van der Waals surface area contributed by atoms with Gasteiger partial charge in [0.05, 0.1) is 11.6 Å². The first-order valence-corrected chi connectivity index (χ1v) is 8.16. The first kappa shape index (κ1) is 13.6. The van der Waals surface area contributed by atoms with Gasteiger partial charge in [-0.3, -0.25) is 9.88 Å². The maximum absolute atomic E-state index is 4.16. The lowest BCUT2D eigenvalue weighted by molar-refractivity contribution is 0.332. The number of para-hydroxylation sites is 1. The van der Waals surface area contributed by atoms with Crippen molar-refractivity contribution in [2.24, 2.45) is 0 Å². The van der Waals surface area contributed by atoms with Gasteiger partial charge in [-0.25, -0.2) is 0 Å². The SMILES string of the molecule is CC(Nc1ccccc1CN1CCCC1)c1cncs1. The van der Waals surface area contributed by atoms with Gasteiger partial charge in [-0.15, -0.1) is 11.3 Å². The summed E-state index contributed by atoms with van der Waals surface area (Å²) in [7, 11) is 0. The summed E-state index contributed by atoms with van der Waals surface area (Å²) in [6.45, 7) is 5.72. The van der Waals surface area contributed by atoms with E-state index in [0.717, 1.165) is 6.54 Å². The third kappa shape index (κ3) is 3.19. The predicted molar refractivity (Wildman–Crippen MR) is 85.1 cm³/mol. The molecule has 0 spiro atoms. The maximum Gasteiger partial charge on any atom is 0.0795 e. The minimum Gasteiger partial charge on any atom is -0.377 e. The van der Waals surface area contributed by atoms with Gasteiger partial charge < -0.3 is 5.32 Å². The molecule has 20 heavy (non-hydrogen) atoms. The molecule has 1 aliphatic heterocycles. The van der Waals surface area contributed by atoms with Gasteiger partial charge in [0.15, 0.2) is 0 Å². The molecular formula is C16H21N3S. The first-order valence-electron chi connectivity index (χ1n) is 7.28. The van der Waals surface area contributed by atoms with E-state index < -0.39 is 0 Å². The molecule has 1 unspecified atom stereocenters. The van der Waals surface area contributed by atoms with E-state index in [9.17, 15) is 0 Å². The van der Waals surface area contributed by atoms with E-state index in [4.69, 9.17) is 0 Å². The largest absolute Gasteiger partial charge is 0.377 e. The number of likely N-dealkylation sites (tertiary alicyclic amines) is 1. The van der Waals surface area contributed by atoms with E-state index in [0.29, 0.717) is 6.04 Å². The van der Waals surface area contributed by atoms with Crippen LogP contribution in [0.1, 0.15) is 36.2 Å². The summed E-state index contributed by atoms with van der Waals surface area (Å²) < 4.78 is 0. The van der Waals surface area contributed by atoms with Gasteiger partial charge in [0.25, 0.3) is 0 Å². The van der Waals surface area contributed by atoms with Gasteiger partial charge in [-0.05, 0) is 44.5 Å². The number of aromatic nitrogens is 1. The summed E-state index contributed by atoms with van der Waals surface area (Å²) in [4.78, 5) is 7.98. The minimum atomic E-state index is 0.308. The Labute approximate surface area is 124 Å². The van der Waals surface area contributed by atoms with Gasteiger partial charge in [0, 0.05) is 23.3 Å². The Hall–Kier alpha value is -1.39. The lowest BCUT2D eigenvalue weighted by atomic mass is 10.1. The summed E-state index contributed by atoms with van der Waals surface area (Å²) in [5.74, 6) is 0. The van der Waals surface area contributed by atoms with Crippen LogP contribution in [-0.2, 0) is 6.54 Å². The van der Waals surface area contributed by atoms with Gasteiger partial charge in [-0.2, -0.15) is 0 Å². The molecule has 106 valence electrons. The van der Waals surface area contributed by atoms with Gasteiger partial charge in [0.1, 0.15) is 0 Å². The molecule has 1 atom stereocenters. The highest BCUT2D eigenvalue weighted by atomic mass is 32.1. The molecule has 0 radical (unpaired) electrons. The molecule has 3 rings (SSSR count). The number of rotatable bonds is 5. The summed E-state index contributed by atoms with van der Waals surface area (Å²) in [5, 5.41) is 3.63. The molecule has 0 amide bonds. The third-order valence-electron chi connectivity index (χ3n) is 3.86. The molecule has 1 aromatic heterocycles. The second-order valence-corrected chi connectivity index (χ2v) is 6.33. The van der Waals surface area contributed by atoms with Crippen LogP contribution in [0.25, 0.3) is 0 Å². The number of anilines is 1. The lowest BCUT2D eigenvalue weighted by Crippen LogP contribution is -2.19. The molecule has 0 aliphatic carbocycles. The number of nitrogens with one attached hydrogen (secondary N) is 1. The Bertz CT molecular complexity index is 532. The molecule has 1 aliphatic rings. The Kier molecular flexibility index (Phi) is 4.33. The van der Waals surface area contributed by atoms with Crippen LogP contribution in [0, 0.1) is 0 Å². The average molecular weight is 287 g/mol. The Morgan fingerprint density at radius 2 is 2.10 bits per heavy atom. The minimum absolute atomic E-state index is 0.308. The van der Waals surface area contributed by atoms with E-state index in [1.807, 2.05) is 11.7 Å². The standard InChI is InChI=1S/C16H21N3S/c1-13(16-10-17-12-20-16)18-15-7-3-2-6-14(15)11-19-8-4-5-9-19/h2-3,6-7,10,12-13,18H,4-5,8-9,11H2,1H3. The second kappa shape index (κ2) is 6.37. The number of hydrogen-bond donors (Lipinski definition) is 1. The fraction of sp³-hybridized carbons (Fsp3) is 0.438. The molecular weight excluding hydrogens is 266 g/mol. The summed E-state index contributed by atoms with van der Waals surface area (Å²) in [6, 6.07) is 8.97. The summed E-state index contributed by atoms with van der Waals surface area (Å²) in [5.41, 5.74) is 4.54. The zero-order chi connectivity index (χ0) is 13.8. The van der Waals surface area contributed by atoms with Crippen LogP contribution in [-0.4, -0.2) is 23.0 Å². The molecule has 2 aromatic rings. The van der Waals surface area contributed by atoms with Crippen LogP contribution in [0.5, 0.6) is 0 Å². The molecule has 0 bridgehead atoms. The Morgan fingerprint density at radius 3 is 2.85 bits per heavy atom. The number of hydrogen-bond acceptors (Lipinski definition) is 4. The highest BCUT2D eigenvalue weighted by molar-refractivity contribution is 7.09. The first-order chi connectivity index (χ1) is 9.83. The van der Waals surface area contributed by atoms with Gasteiger partial charge in [0.2, 0.25) is 0 Å². The van der Waals surface area contributed by atoms with Crippen molar-refractivity contribution < 1.29 is 0 Å². The van der Waals surface area contributed by atoms with Crippen molar-refractivity contribution in [2.75, 3.05) is 18.4 Å². The molecule has 1 aromatic carbocycles. The predicted octanol–water partition coefficient (Wildman–Crippen LogP) is 3.91. The highest BCUT2D eigenvalue weighted by Crippen LogP contribution is 2.26. The Balaban J connectivity index is 1.72. The molecule has 0 saturated carbocycles. The van der Waals surface area contributed by atoms with E-state index in [1.54, 1.807) is 11.3 Å². The van der Waals surface area contributed by atoms with E-state index in [1.165, 1.54) is 42.1 Å². The number of thiazole rings is 1. The zero-order valence-corrected chi connectivity index (χ0v) is 12.7. The maximum atomic E-state index is 4.16. The van der Waals surface area contributed by atoms with Crippen LogP contribution in [0.4, 0.5) is 5.69 Å². The summed E-state index contributed by atoms with van der Waals surface area (Å²) >= 11 is 1.71. The number of benzene rings is 1. The molecule has 1 N–H and O–H groups in total. The molecule has 4 heteroatoms. The van der Waals surface area contributed by atoms with Crippen LogP contribution >= 0.6 is 11.3 Å². The quantitative estimate of drug-likeness (QED) is 0.903. The van der Waals surface area contributed by atoms with E-state index >= 15 is 0 Å². The van der Waals surface area contributed by atoms with Crippen molar-refractivity contribution in [3.63, 3.8) is 0 Å². The summed E-state index contributed by atoms with van der Waals surface area (Å²) in [6.07, 6.45) is 4.63. The van der Waals surface area contributed by atoms with Crippen LogP contribution in [0.15, 0.2) is 36.0 Å². The van der Waals surface area contributed by atoms with Crippen molar-refractivity contribution in [2.45, 2.75) is 32.4 Å². The fourth-order valence-electron chi connectivity index (χ4n) is 2.72. The smallest absolute Gasteiger partial charge is 0.0795 e. The van der Waals surface area contributed by atoms with E-state index in [-0.39, 0.29) is 0 Å². The van der Waals surface area contributed by atoms with Crippen molar-refractivity contribution in [1.29, 1.82) is 0 Å². The van der Waals surface area contributed by atoms with Crippen molar-refractivity contribution >= 4 is 17.0 Å². The fourth-order valence-corrected chi connectivity index (χ4v) is 3.35. The van der Waals surface area contributed by atoms with Crippen molar-refractivity contribution in [1.82, 2.24) is 9.88 Å². The van der Waals surface area contributed by atoms with Gasteiger partial charge in [-0.1, -0.05) is 18.2 Å². The number of nitrogens with zero attached hydrogens (tertiary/aromatic N) is 2. The third-order valence-corrected chi connectivity index (χ3v) is 4.82. The van der Waals surface area contributed by atoms with Crippen molar-refractivity contribution in [3.05, 3.63) is 46.4 Å². The molecule has 1 saturated heterocycles. The van der Waals surface area contributed by atoms with E-state index in [2.05, 4.69) is 46.4 Å².